The van der Waals surface area contributed by atoms with E-state index in [-0.39, 0.29) is 5.91 Å². The van der Waals surface area contributed by atoms with Crippen LogP contribution in [0.25, 0.3) is 0 Å². The third-order valence-electron chi connectivity index (χ3n) is 3.12. The molecule has 0 bridgehead atoms. The number of rotatable bonds is 5. The van der Waals surface area contributed by atoms with Crippen LogP contribution in [0.5, 0.6) is 0 Å². The molecule has 2 fully saturated rings. The van der Waals surface area contributed by atoms with Crippen molar-refractivity contribution < 1.29 is 9.53 Å². The van der Waals surface area contributed by atoms with Crippen molar-refractivity contribution in [2.24, 2.45) is 0 Å². The zero-order valence-corrected chi connectivity index (χ0v) is 9.34. The van der Waals surface area contributed by atoms with Gasteiger partial charge in [0.05, 0.1) is 0 Å². The van der Waals surface area contributed by atoms with E-state index in [1.807, 2.05) is 6.92 Å². The molecular formula is C11H20N2O2. The van der Waals surface area contributed by atoms with E-state index in [1.54, 1.807) is 0 Å². The molecule has 2 rings (SSSR count). The van der Waals surface area contributed by atoms with Crippen molar-refractivity contribution in [1.29, 1.82) is 0 Å². The summed E-state index contributed by atoms with van der Waals surface area (Å²) in [5.74, 6) is 0.0394. The molecule has 0 aromatic carbocycles. The highest BCUT2D eigenvalue weighted by Crippen LogP contribution is 2.24. The van der Waals surface area contributed by atoms with Crippen molar-refractivity contribution in [3.8, 4) is 0 Å². The van der Waals surface area contributed by atoms with E-state index in [4.69, 9.17) is 4.74 Å². The van der Waals surface area contributed by atoms with Crippen LogP contribution in [-0.4, -0.2) is 37.2 Å². The molecule has 1 heterocycles. The first-order valence-electron chi connectivity index (χ1n) is 5.86. The topological polar surface area (TPSA) is 50.4 Å². The highest BCUT2D eigenvalue weighted by molar-refractivity contribution is 5.84. The second-order valence-electron chi connectivity index (χ2n) is 4.67. The summed E-state index contributed by atoms with van der Waals surface area (Å²) >= 11 is 0. The summed E-state index contributed by atoms with van der Waals surface area (Å²) in [7, 11) is 0. The summed E-state index contributed by atoms with van der Waals surface area (Å²) in [6, 6.07) is 0.709. The predicted octanol–water partition coefficient (Wildman–Crippen LogP) is 0.424. The molecule has 1 amide bonds. The van der Waals surface area contributed by atoms with Gasteiger partial charge in [0.2, 0.25) is 0 Å². The van der Waals surface area contributed by atoms with Crippen LogP contribution in [0.15, 0.2) is 0 Å². The molecule has 0 aromatic heterocycles. The number of ether oxygens (including phenoxy) is 1. The second-order valence-corrected chi connectivity index (χ2v) is 4.67. The van der Waals surface area contributed by atoms with Crippen molar-refractivity contribution in [2.45, 2.75) is 44.2 Å². The Balaban J connectivity index is 1.62. The van der Waals surface area contributed by atoms with Crippen LogP contribution in [-0.2, 0) is 9.53 Å². The molecule has 2 aliphatic rings. The first kappa shape index (κ1) is 10.9. The zero-order chi connectivity index (χ0) is 10.7. The third kappa shape index (κ3) is 2.92. The van der Waals surface area contributed by atoms with Gasteiger partial charge in [0.1, 0.15) is 5.60 Å². The van der Waals surface area contributed by atoms with Gasteiger partial charge in [-0.2, -0.15) is 0 Å². The Morgan fingerprint density at radius 3 is 2.87 bits per heavy atom. The van der Waals surface area contributed by atoms with E-state index in [0.717, 1.165) is 19.4 Å². The summed E-state index contributed by atoms with van der Waals surface area (Å²) in [4.78, 5) is 11.8. The van der Waals surface area contributed by atoms with Crippen LogP contribution in [0.4, 0.5) is 0 Å². The van der Waals surface area contributed by atoms with Crippen LogP contribution in [0, 0.1) is 0 Å². The number of amides is 1. The highest BCUT2D eigenvalue weighted by atomic mass is 16.5. The van der Waals surface area contributed by atoms with Crippen molar-refractivity contribution >= 4 is 5.91 Å². The Labute approximate surface area is 90.8 Å². The molecule has 4 nitrogen and oxygen atoms in total. The van der Waals surface area contributed by atoms with Gasteiger partial charge in [0.15, 0.2) is 0 Å². The van der Waals surface area contributed by atoms with E-state index in [2.05, 4.69) is 10.6 Å². The first-order chi connectivity index (χ1) is 7.21. The van der Waals surface area contributed by atoms with Gasteiger partial charge in [-0.1, -0.05) is 0 Å². The lowest BCUT2D eigenvalue weighted by Crippen LogP contribution is -2.46. The number of carbonyl (C=O) groups is 1. The summed E-state index contributed by atoms with van der Waals surface area (Å²) in [5.41, 5.74) is -0.570. The van der Waals surface area contributed by atoms with Gasteiger partial charge in [-0.05, 0) is 32.6 Å². The molecule has 1 unspecified atom stereocenters. The van der Waals surface area contributed by atoms with E-state index >= 15 is 0 Å². The van der Waals surface area contributed by atoms with Gasteiger partial charge < -0.3 is 15.4 Å². The van der Waals surface area contributed by atoms with Gasteiger partial charge >= 0.3 is 0 Å². The van der Waals surface area contributed by atoms with Crippen molar-refractivity contribution in [3.63, 3.8) is 0 Å². The van der Waals surface area contributed by atoms with E-state index in [0.29, 0.717) is 19.2 Å². The van der Waals surface area contributed by atoms with Crippen LogP contribution in [0.2, 0.25) is 0 Å². The van der Waals surface area contributed by atoms with Gasteiger partial charge in [-0.15, -0.1) is 0 Å². The molecule has 1 saturated carbocycles. The minimum absolute atomic E-state index is 0.0394. The highest BCUT2D eigenvalue weighted by Gasteiger charge is 2.37. The molecule has 0 radical (unpaired) electrons. The summed E-state index contributed by atoms with van der Waals surface area (Å²) in [6.07, 6.45) is 4.41. The van der Waals surface area contributed by atoms with E-state index in [9.17, 15) is 4.79 Å². The van der Waals surface area contributed by atoms with Crippen molar-refractivity contribution in [2.75, 3.05) is 19.7 Å². The maximum absolute atomic E-state index is 11.8. The summed E-state index contributed by atoms with van der Waals surface area (Å²) in [5, 5.41) is 6.28. The lowest BCUT2D eigenvalue weighted by atomic mass is 10.0. The summed E-state index contributed by atoms with van der Waals surface area (Å²) in [6.45, 7) is 4.16. The zero-order valence-electron chi connectivity index (χ0n) is 9.34. The molecule has 1 aliphatic carbocycles. The molecule has 4 heteroatoms. The normalized spacial score (nSPS) is 30.5. The quantitative estimate of drug-likeness (QED) is 0.650. The Hall–Kier alpha value is -0.610. The fraction of sp³-hybridized carbons (Fsp3) is 0.909. The maximum atomic E-state index is 11.8. The standard InChI is InChI=1S/C11H20N2O2/c1-11(5-2-8-15-11)10(14)13-7-6-12-9-3-4-9/h9,12H,2-8H2,1H3,(H,13,14). The minimum Gasteiger partial charge on any atom is -0.365 e. The lowest BCUT2D eigenvalue weighted by molar-refractivity contribution is -0.139. The smallest absolute Gasteiger partial charge is 0.252 e. The van der Waals surface area contributed by atoms with Gasteiger partial charge in [-0.3, -0.25) is 4.79 Å². The number of hydrogen-bond acceptors (Lipinski definition) is 3. The molecule has 2 N–H and O–H groups in total. The molecule has 86 valence electrons. The Bertz CT molecular complexity index is 233. The number of nitrogens with one attached hydrogen (secondary N) is 2. The molecular weight excluding hydrogens is 192 g/mol. The Morgan fingerprint density at radius 2 is 2.27 bits per heavy atom. The average Bonchev–Trinajstić information content (AvgIpc) is 2.94. The van der Waals surface area contributed by atoms with Crippen LogP contribution >= 0.6 is 0 Å². The third-order valence-corrected chi connectivity index (χ3v) is 3.12. The fourth-order valence-corrected chi connectivity index (χ4v) is 1.88. The lowest BCUT2D eigenvalue weighted by Gasteiger charge is -2.21. The predicted molar refractivity (Wildman–Crippen MR) is 57.6 cm³/mol. The van der Waals surface area contributed by atoms with Crippen LogP contribution in [0.3, 0.4) is 0 Å². The molecule has 0 aromatic rings. The second kappa shape index (κ2) is 4.49. The average molecular weight is 212 g/mol. The number of carbonyl (C=O) groups excluding carboxylic acids is 1. The molecule has 1 aliphatic heterocycles. The van der Waals surface area contributed by atoms with Crippen LogP contribution in [0.1, 0.15) is 32.6 Å². The summed E-state index contributed by atoms with van der Waals surface area (Å²) < 4.78 is 5.46. The largest absolute Gasteiger partial charge is 0.365 e. The fourth-order valence-electron chi connectivity index (χ4n) is 1.88. The minimum atomic E-state index is -0.570. The molecule has 0 spiro atoms. The van der Waals surface area contributed by atoms with Crippen molar-refractivity contribution in [3.05, 3.63) is 0 Å². The van der Waals surface area contributed by atoms with Gasteiger partial charge in [0, 0.05) is 25.7 Å². The van der Waals surface area contributed by atoms with Crippen molar-refractivity contribution in [1.82, 2.24) is 10.6 Å². The molecule has 1 atom stereocenters. The maximum Gasteiger partial charge on any atom is 0.252 e. The van der Waals surface area contributed by atoms with E-state index in [1.165, 1.54) is 12.8 Å². The number of hydrogen-bond donors (Lipinski definition) is 2. The first-order valence-corrected chi connectivity index (χ1v) is 5.86. The SMILES string of the molecule is CC1(C(=O)NCCNC2CC2)CCCO1. The van der Waals surface area contributed by atoms with E-state index < -0.39 is 5.60 Å². The molecule has 1 saturated heterocycles. The monoisotopic (exact) mass is 212 g/mol. The Morgan fingerprint density at radius 1 is 1.47 bits per heavy atom. The van der Waals surface area contributed by atoms with Gasteiger partial charge in [-0.25, -0.2) is 0 Å². The molecule has 15 heavy (non-hydrogen) atoms. The van der Waals surface area contributed by atoms with Gasteiger partial charge in [0.25, 0.3) is 5.91 Å². The Kier molecular flexibility index (Phi) is 3.26. The van der Waals surface area contributed by atoms with Crippen LogP contribution < -0.4 is 10.6 Å².